The Morgan fingerprint density at radius 2 is 1.05 bits per heavy atom. The Bertz CT molecular complexity index is 2150. The first-order valence-electron chi connectivity index (χ1n) is 14.0. The predicted molar refractivity (Wildman–Crippen MR) is 178 cm³/mol. The van der Waals surface area contributed by atoms with Gasteiger partial charge in [-0.2, -0.15) is 0 Å². The molecule has 42 heavy (non-hydrogen) atoms. The normalized spacial score (nSPS) is 11.3. The van der Waals surface area contributed by atoms with E-state index in [1.54, 1.807) is 11.3 Å². The molecule has 2 aromatic heterocycles. The second kappa shape index (κ2) is 10.3. The first-order chi connectivity index (χ1) is 20.8. The molecule has 0 aliphatic carbocycles. The van der Waals surface area contributed by atoms with Crippen LogP contribution in [0.4, 0.5) is 17.1 Å². The van der Waals surface area contributed by atoms with Crippen LogP contribution in [0.5, 0.6) is 0 Å². The number of benzene rings is 6. The number of para-hydroxylation sites is 2. The van der Waals surface area contributed by atoms with Crippen molar-refractivity contribution in [2.24, 2.45) is 0 Å². The van der Waals surface area contributed by atoms with Gasteiger partial charge in [-0.1, -0.05) is 103 Å². The fourth-order valence-electron chi connectivity index (χ4n) is 5.70. The Balaban J connectivity index is 1.37. The lowest BCUT2D eigenvalue weighted by molar-refractivity contribution is 1.23. The maximum atomic E-state index is 5.28. The number of nitrogens with zero attached hydrogens (tertiary/aromatic N) is 3. The van der Waals surface area contributed by atoms with Gasteiger partial charge in [0.15, 0.2) is 5.82 Å². The molecular formula is C38H25N3S. The standard InChI is InChI=1S/C38H25N3S/c1-4-13-26(14-5-1)35-33-24-23-32-31-21-10-11-22-34(31)42-37(32)36(33)40-38(39-35)27-15-12-20-30(25-27)41(28-16-6-2-7-17-28)29-18-8-3-9-19-29/h1-25H. The first-order valence-corrected chi connectivity index (χ1v) is 14.8. The van der Waals surface area contributed by atoms with Crippen LogP contribution in [0.2, 0.25) is 0 Å². The number of fused-ring (bicyclic) bond motifs is 5. The molecule has 0 saturated heterocycles. The lowest BCUT2D eigenvalue weighted by Gasteiger charge is -2.25. The van der Waals surface area contributed by atoms with Gasteiger partial charge in [0.05, 0.1) is 15.9 Å². The van der Waals surface area contributed by atoms with Crippen LogP contribution in [0.1, 0.15) is 0 Å². The van der Waals surface area contributed by atoms with E-state index in [0.717, 1.165) is 44.8 Å². The molecule has 2 heterocycles. The van der Waals surface area contributed by atoms with Crippen LogP contribution in [0.15, 0.2) is 152 Å². The summed E-state index contributed by atoms with van der Waals surface area (Å²) in [5, 5.41) is 3.57. The second-order valence-electron chi connectivity index (χ2n) is 10.3. The van der Waals surface area contributed by atoms with Crippen molar-refractivity contribution in [3.05, 3.63) is 152 Å². The summed E-state index contributed by atoms with van der Waals surface area (Å²) in [7, 11) is 0. The van der Waals surface area contributed by atoms with Gasteiger partial charge >= 0.3 is 0 Å². The zero-order chi connectivity index (χ0) is 27.9. The van der Waals surface area contributed by atoms with Gasteiger partial charge in [0.2, 0.25) is 0 Å². The lowest BCUT2D eigenvalue weighted by atomic mass is 10.0. The highest BCUT2D eigenvalue weighted by Crippen LogP contribution is 2.41. The SMILES string of the molecule is c1ccc(-c2nc(-c3cccc(N(c4ccccc4)c4ccccc4)c3)nc3c2ccc2c4ccccc4sc23)cc1. The summed E-state index contributed by atoms with van der Waals surface area (Å²) in [6.45, 7) is 0. The molecule has 0 spiro atoms. The van der Waals surface area contributed by atoms with Crippen molar-refractivity contribution in [2.45, 2.75) is 0 Å². The summed E-state index contributed by atoms with van der Waals surface area (Å²) in [5.74, 6) is 0.717. The van der Waals surface area contributed by atoms with Crippen molar-refractivity contribution in [3.8, 4) is 22.6 Å². The number of thiophene rings is 1. The number of hydrogen-bond acceptors (Lipinski definition) is 4. The van der Waals surface area contributed by atoms with E-state index < -0.39 is 0 Å². The quantitative estimate of drug-likeness (QED) is 0.211. The van der Waals surface area contributed by atoms with Crippen LogP contribution in [0, 0.1) is 0 Å². The van der Waals surface area contributed by atoms with E-state index in [4.69, 9.17) is 9.97 Å². The average molecular weight is 556 g/mol. The smallest absolute Gasteiger partial charge is 0.160 e. The molecule has 0 aliphatic heterocycles. The Hall–Kier alpha value is -5.32. The fourth-order valence-corrected chi connectivity index (χ4v) is 6.90. The van der Waals surface area contributed by atoms with E-state index >= 15 is 0 Å². The Kier molecular flexibility index (Phi) is 5.98. The molecule has 8 rings (SSSR count). The van der Waals surface area contributed by atoms with E-state index in [-0.39, 0.29) is 0 Å². The minimum Gasteiger partial charge on any atom is -0.310 e. The van der Waals surface area contributed by atoms with Crippen molar-refractivity contribution in [2.75, 3.05) is 4.90 Å². The van der Waals surface area contributed by atoms with Crippen LogP contribution < -0.4 is 4.90 Å². The van der Waals surface area contributed by atoms with Crippen LogP contribution in [0.3, 0.4) is 0 Å². The van der Waals surface area contributed by atoms with Gasteiger partial charge in [0.1, 0.15) is 0 Å². The highest BCUT2D eigenvalue weighted by atomic mass is 32.1. The molecule has 0 radical (unpaired) electrons. The first kappa shape index (κ1) is 24.5. The zero-order valence-electron chi connectivity index (χ0n) is 22.7. The number of rotatable bonds is 5. The van der Waals surface area contributed by atoms with Crippen molar-refractivity contribution < 1.29 is 0 Å². The highest BCUT2D eigenvalue weighted by molar-refractivity contribution is 7.26. The minimum atomic E-state index is 0.717. The molecule has 3 nitrogen and oxygen atoms in total. The minimum absolute atomic E-state index is 0.717. The van der Waals surface area contributed by atoms with Crippen LogP contribution in [-0.2, 0) is 0 Å². The molecule has 198 valence electrons. The van der Waals surface area contributed by atoms with Crippen molar-refractivity contribution in [1.29, 1.82) is 0 Å². The molecule has 0 N–H and O–H groups in total. The molecule has 0 bridgehead atoms. The van der Waals surface area contributed by atoms with E-state index in [0.29, 0.717) is 5.82 Å². The molecule has 0 unspecified atom stereocenters. The molecule has 0 atom stereocenters. The molecule has 6 aromatic carbocycles. The van der Waals surface area contributed by atoms with Crippen LogP contribution in [-0.4, -0.2) is 9.97 Å². The van der Waals surface area contributed by atoms with Gasteiger partial charge in [-0.3, -0.25) is 0 Å². The number of anilines is 3. The average Bonchev–Trinajstić information content (AvgIpc) is 3.45. The van der Waals surface area contributed by atoms with Gasteiger partial charge in [0, 0.05) is 49.0 Å². The summed E-state index contributed by atoms with van der Waals surface area (Å²) >= 11 is 1.80. The van der Waals surface area contributed by atoms with Crippen molar-refractivity contribution >= 4 is 59.5 Å². The summed E-state index contributed by atoms with van der Waals surface area (Å²) in [5.41, 5.74) is 7.23. The van der Waals surface area contributed by atoms with E-state index in [1.165, 1.54) is 20.2 Å². The molecular weight excluding hydrogens is 531 g/mol. The lowest BCUT2D eigenvalue weighted by Crippen LogP contribution is -2.09. The maximum absolute atomic E-state index is 5.28. The topological polar surface area (TPSA) is 29.0 Å². The molecule has 4 heteroatoms. The third-order valence-corrected chi connectivity index (χ3v) is 8.84. The molecule has 0 aliphatic rings. The monoisotopic (exact) mass is 555 g/mol. The van der Waals surface area contributed by atoms with Crippen LogP contribution >= 0.6 is 11.3 Å². The van der Waals surface area contributed by atoms with Crippen molar-refractivity contribution in [3.63, 3.8) is 0 Å². The third kappa shape index (κ3) is 4.21. The second-order valence-corrected chi connectivity index (χ2v) is 11.3. The summed E-state index contributed by atoms with van der Waals surface area (Å²) in [4.78, 5) is 12.8. The van der Waals surface area contributed by atoms with E-state index in [1.807, 2.05) is 18.2 Å². The van der Waals surface area contributed by atoms with Gasteiger partial charge in [-0.05, 0) is 48.5 Å². The highest BCUT2D eigenvalue weighted by Gasteiger charge is 2.18. The fraction of sp³-hybridized carbons (Fsp3) is 0. The van der Waals surface area contributed by atoms with Crippen molar-refractivity contribution in [1.82, 2.24) is 9.97 Å². The molecule has 8 aromatic rings. The van der Waals surface area contributed by atoms with Gasteiger partial charge in [0.25, 0.3) is 0 Å². The van der Waals surface area contributed by atoms with Gasteiger partial charge in [-0.25, -0.2) is 9.97 Å². The maximum Gasteiger partial charge on any atom is 0.160 e. The zero-order valence-corrected chi connectivity index (χ0v) is 23.5. The molecule has 0 saturated carbocycles. The van der Waals surface area contributed by atoms with Gasteiger partial charge < -0.3 is 4.90 Å². The molecule has 0 amide bonds. The van der Waals surface area contributed by atoms with Crippen LogP contribution in [0.25, 0.3) is 53.7 Å². The van der Waals surface area contributed by atoms with E-state index in [2.05, 4.69) is 138 Å². The Morgan fingerprint density at radius 3 is 1.79 bits per heavy atom. The Labute approximate surface area is 248 Å². The summed E-state index contributed by atoms with van der Waals surface area (Å²) < 4.78 is 2.46. The predicted octanol–water partition coefficient (Wildman–Crippen LogP) is 10.8. The number of aromatic nitrogens is 2. The third-order valence-electron chi connectivity index (χ3n) is 7.65. The summed E-state index contributed by atoms with van der Waals surface area (Å²) in [6.07, 6.45) is 0. The molecule has 0 fully saturated rings. The number of hydrogen-bond donors (Lipinski definition) is 0. The summed E-state index contributed by atoms with van der Waals surface area (Å²) in [6, 6.07) is 52.9. The Morgan fingerprint density at radius 1 is 0.452 bits per heavy atom. The van der Waals surface area contributed by atoms with Gasteiger partial charge in [-0.15, -0.1) is 11.3 Å². The van der Waals surface area contributed by atoms with E-state index in [9.17, 15) is 0 Å². The largest absolute Gasteiger partial charge is 0.310 e.